The number of esters is 2. The summed E-state index contributed by atoms with van der Waals surface area (Å²) in [6, 6.07) is 0. The van der Waals surface area contributed by atoms with Crippen molar-refractivity contribution in [2.75, 3.05) is 13.7 Å². The standard InChI is InChI=1S/C30H45BrO6/c1-16-15-35-30(29(16,31)26(33)34-6)17(2)25-24(37-30)14-23-21-8-7-19-13-20(36-18(3)32)9-11-27(19,4)22(21)10-12-28(23,25)5/h16-17,19-25H,7-15H2,1-6H3/t16-,17-,19+,20+,21+,22-,23-,24-,25-,27-,28-,29-,30-/m0/s1. The van der Waals surface area contributed by atoms with Crippen LogP contribution in [0.3, 0.4) is 0 Å². The molecule has 0 N–H and O–H groups in total. The lowest BCUT2D eigenvalue weighted by Gasteiger charge is -2.61. The first kappa shape index (κ1) is 26.6. The lowest BCUT2D eigenvalue weighted by Crippen LogP contribution is -2.60. The van der Waals surface area contributed by atoms with Gasteiger partial charge in [-0.05, 0) is 91.8 Å². The Morgan fingerprint density at radius 3 is 2.41 bits per heavy atom. The van der Waals surface area contributed by atoms with Gasteiger partial charge in [-0.15, -0.1) is 0 Å². The third-order valence-electron chi connectivity index (χ3n) is 12.7. The Labute approximate surface area is 230 Å². The van der Waals surface area contributed by atoms with E-state index in [2.05, 4.69) is 43.6 Å². The fourth-order valence-electron chi connectivity index (χ4n) is 11.1. The zero-order valence-corrected chi connectivity index (χ0v) is 25.0. The number of rotatable bonds is 2. The molecular formula is C30H45BrO6. The van der Waals surface area contributed by atoms with Gasteiger partial charge in [-0.1, -0.05) is 43.6 Å². The molecule has 2 aliphatic heterocycles. The van der Waals surface area contributed by atoms with Crippen LogP contribution in [0.4, 0.5) is 0 Å². The van der Waals surface area contributed by atoms with Crippen LogP contribution < -0.4 is 0 Å². The number of halogens is 1. The van der Waals surface area contributed by atoms with Crippen molar-refractivity contribution < 1.29 is 28.5 Å². The van der Waals surface area contributed by atoms with Gasteiger partial charge in [-0.2, -0.15) is 0 Å². The van der Waals surface area contributed by atoms with E-state index in [0.29, 0.717) is 29.8 Å². The van der Waals surface area contributed by atoms with Crippen molar-refractivity contribution in [3.05, 3.63) is 0 Å². The lowest BCUT2D eigenvalue weighted by molar-refractivity contribution is -0.236. The second-order valence-electron chi connectivity index (χ2n) is 14.0. The Morgan fingerprint density at radius 1 is 0.973 bits per heavy atom. The van der Waals surface area contributed by atoms with E-state index in [0.717, 1.165) is 31.1 Å². The third kappa shape index (κ3) is 3.35. The zero-order valence-electron chi connectivity index (χ0n) is 23.4. The van der Waals surface area contributed by atoms with Crippen LogP contribution in [0.2, 0.25) is 0 Å². The van der Waals surface area contributed by atoms with Gasteiger partial charge in [0.15, 0.2) is 10.1 Å². The monoisotopic (exact) mass is 580 g/mol. The summed E-state index contributed by atoms with van der Waals surface area (Å²) in [6.07, 6.45) is 9.47. The molecule has 4 aliphatic carbocycles. The van der Waals surface area contributed by atoms with E-state index < -0.39 is 10.1 Å². The summed E-state index contributed by atoms with van der Waals surface area (Å²) >= 11 is 3.84. The van der Waals surface area contributed by atoms with E-state index in [-0.39, 0.29) is 41.4 Å². The van der Waals surface area contributed by atoms with E-state index in [4.69, 9.17) is 18.9 Å². The second-order valence-corrected chi connectivity index (χ2v) is 15.2. The fraction of sp³-hybridized carbons (Fsp3) is 0.933. The largest absolute Gasteiger partial charge is 0.468 e. The van der Waals surface area contributed by atoms with Gasteiger partial charge in [0.2, 0.25) is 0 Å². The van der Waals surface area contributed by atoms with Crippen molar-refractivity contribution in [1.82, 2.24) is 0 Å². The number of carbonyl (C=O) groups excluding carboxylic acids is 2. The molecule has 2 heterocycles. The maximum atomic E-state index is 13.1. The molecule has 13 atom stereocenters. The van der Waals surface area contributed by atoms with Gasteiger partial charge in [0.1, 0.15) is 6.10 Å². The molecule has 6 nitrogen and oxygen atoms in total. The highest BCUT2D eigenvalue weighted by atomic mass is 79.9. The zero-order chi connectivity index (χ0) is 26.5. The summed E-state index contributed by atoms with van der Waals surface area (Å²) in [5.74, 6) is 1.79. The van der Waals surface area contributed by atoms with Crippen molar-refractivity contribution in [3.8, 4) is 0 Å². The normalized spacial score (nSPS) is 56.2. The molecule has 1 spiro atoms. The predicted octanol–water partition coefficient (Wildman–Crippen LogP) is 5.89. The molecule has 0 bridgehead atoms. The molecule has 6 aliphatic rings. The molecule has 4 saturated carbocycles. The summed E-state index contributed by atoms with van der Waals surface area (Å²) in [5.41, 5.74) is 0.526. The minimum absolute atomic E-state index is 0.0297. The summed E-state index contributed by atoms with van der Waals surface area (Å²) in [4.78, 5) is 24.7. The van der Waals surface area contributed by atoms with Crippen LogP contribution in [0, 0.1) is 52.3 Å². The first-order valence-corrected chi connectivity index (χ1v) is 15.5. The molecule has 7 heteroatoms. The van der Waals surface area contributed by atoms with Gasteiger partial charge in [0.25, 0.3) is 0 Å². The number of alkyl halides is 1. The maximum absolute atomic E-state index is 13.1. The van der Waals surface area contributed by atoms with Gasteiger partial charge >= 0.3 is 11.9 Å². The number of hydrogen-bond donors (Lipinski definition) is 0. The first-order chi connectivity index (χ1) is 17.4. The molecule has 0 amide bonds. The van der Waals surface area contributed by atoms with Gasteiger partial charge in [0.05, 0.1) is 19.8 Å². The van der Waals surface area contributed by atoms with Crippen molar-refractivity contribution >= 4 is 27.9 Å². The van der Waals surface area contributed by atoms with Crippen molar-refractivity contribution in [3.63, 3.8) is 0 Å². The van der Waals surface area contributed by atoms with Crippen LogP contribution in [0.5, 0.6) is 0 Å². The molecule has 0 radical (unpaired) electrons. The van der Waals surface area contributed by atoms with Crippen LogP contribution in [0.1, 0.15) is 86.0 Å². The SMILES string of the molecule is COC(=O)[C@@]1(Br)[C@@H](C)CO[C@@]12O[C@H]1C[C@H]3[C@@H]4CC[C@@H]5C[C@H](OC(C)=O)CC[C@]5(C)[C@H]4CC[C@]3(C)[C@H]1[C@@H]2C. The van der Waals surface area contributed by atoms with Gasteiger partial charge in [0, 0.05) is 18.8 Å². The fourth-order valence-corrected chi connectivity index (χ4v) is 11.9. The summed E-state index contributed by atoms with van der Waals surface area (Å²) < 4.78 is 23.4. The number of carbonyl (C=O) groups is 2. The third-order valence-corrected chi connectivity index (χ3v) is 14.4. The van der Waals surface area contributed by atoms with E-state index in [1.54, 1.807) is 6.92 Å². The molecule has 6 rings (SSSR count). The molecule has 208 valence electrons. The Morgan fingerprint density at radius 2 is 1.70 bits per heavy atom. The van der Waals surface area contributed by atoms with Gasteiger partial charge < -0.3 is 18.9 Å². The van der Waals surface area contributed by atoms with Crippen LogP contribution >= 0.6 is 15.9 Å². The van der Waals surface area contributed by atoms with Crippen molar-refractivity contribution in [2.24, 2.45) is 52.3 Å². The highest BCUT2D eigenvalue weighted by Gasteiger charge is 2.77. The Kier molecular flexibility index (Phi) is 6.22. The van der Waals surface area contributed by atoms with Gasteiger partial charge in [-0.3, -0.25) is 9.59 Å². The molecule has 0 aromatic heterocycles. The molecular weight excluding hydrogens is 536 g/mol. The number of methoxy groups -OCH3 is 1. The summed E-state index contributed by atoms with van der Waals surface area (Å²) in [5, 5.41) is 0. The average molecular weight is 582 g/mol. The summed E-state index contributed by atoms with van der Waals surface area (Å²) in [6.45, 7) is 11.4. The number of hydrogen-bond acceptors (Lipinski definition) is 6. The smallest absolute Gasteiger partial charge is 0.328 e. The van der Waals surface area contributed by atoms with Crippen molar-refractivity contribution in [1.29, 1.82) is 0 Å². The average Bonchev–Trinajstić information content (AvgIpc) is 3.41. The first-order valence-electron chi connectivity index (χ1n) is 14.7. The lowest BCUT2D eigenvalue weighted by atomic mass is 9.44. The number of fused-ring (bicyclic) bond motifs is 7. The molecule has 0 aromatic rings. The van der Waals surface area contributed by atoms with Crippen LogP contribution in [0.25, 0.3) is 0 Å². The molecule has 0 unspecified atom stereocenters. The number of ether oxygens (including phenoxy) is 4. The highest BCUT2D eigenvalue weighted by Crippen LogP contribution is 2.73. The Balaban J connectivity index is 1.25. The molecule has 2 saturated heterocycles. The van der Waals surface area contributed by atoms with E-state index in [9.17, 15) is 9.59 Å². The summed E-state index contributed by atoms with van der Waals surface area (Å²) in [7, 11) is 1.46. The van der Waals surface area contributed by atoms with Gasteiger partial charge in [-0.25, -0.2) is 0 Å². The maximum Gasteiger partial charge on any atom is 0.328 e. The molecule has 37 heavy (non-hydrogen) atoms. The highest BCUT2D eigenvalue weighted by molar-refractivity contribution is 9.10. The van der Waals surface area contributed by atoms with Crippen molar-refractivity contribution in [2.45, 2.75) is 108 Å². The second kappa shape index (κ2) is 8.67. The minimum Gasteiger partial charge on any atom is -0.468 e. The topological polar surface area (TPSA) is 71.1 Å². The minimum atomic E-state index is -0.978. The van der Waals surface area contributed by atoms with Crippen LogP contribution in [-0.2, 0) is 28.5 Å². The van der Waals surface area contributed by atoms with E-state index in [1.807, 2.05) is 0 Å². The van der Waals surface area contributed by atoms with Crippen LogP contribution in [-0.4, -0.2) is 48.0 Å². The van der Waals surface area contributed by atoms with E-state index >= 15 is 0 Å². The Hall–Kier alpha value is -0.660. The molecule has 0 aromatic carbocycles. The Bertz CT molecular complexity index is 972. The predicted molar refractivity (Wildman–Crippen MR) is 142 cm³/mol. The van der Waals surface area contributed by atoms with Crippen LogP contribution in [0.15, 0.2) is 0 Å². The molecule has 6 fully saturated rings. The quantitative estimate of drug-likeness (QED) is 0.299. The van der Waals surface area contributed by atoms with E-state index in [1.165, 1.54) is 39.2 Å².